The highest BCUT2D eigenvalue weighted by atomic mass is 16.2. The Hall–Kier alpha value is -0.570. The molecule has 3 heteroatoms. The van der Waals surface area contributed by atoms with Gasteiger partial charge in [0.15, 0.2) is 0 Å². The number of amides is 1. The minimum absolute atomic E-state index is 0.0454. The van der Waals surface area contributed by atoms with Crippen molar-refractivity contribution in [2.45, 2.75) is 77.3 Å². The number of hydrogen-bond donors (Lipinski definition) is 2. The minimum atomic E-state index is 0.0454. The molecule has 2 rings (SSSR count). The summed E-state index contributed by atoms with van der Waals surface area (Å²) in [5.41, 5.74) is 0.399. The van der Waals surface area contributed by atoms with Crippen molar-refractivity contribution in [2.75, 3.05) is 6.54 Å². The molecule has 2 unspecified atom stereocenters. The lowest BCUT2D eigenvalue weighted by atomic mass is 9.83. The van der Waals surface area contributed by atoms with Crippen LogP contribution in [0.4, 0.5) is 0 Å². The molecular formula is C15H28N2O. The average molecular weight is 252 g/mol. The molecule has 1 aliphatic carbocycles. The van der Waals surface area contributed by atoms with Gasteiger partial charge in [-0.25, -0.2) is 0 Å². The zero-order valence-corrected chi connectivity index (χ0v) is 11.9. The molecule has 0 radical (unpaired) electrons. The Kier molecular flexibility index (Phi) is 4.66. The van der Waals surface area contributed by atoms with Crippen molar-refractivity contribution in [3.05, 3.63) is 0 Å². The fraction of sp³-hybridized carbons (Fsp3) is 0.933. The van der Waals surface area contributed by atoms with Crippen LogP contribution >= 0.6 is 0 Å². The molecule has 1 aliphatic heterocycles. The maximum atomic E-state index is 12.2. The molecule has 1 saturated carbocycles. The highest BCUT2D eigenvalue weighted by molar-refractivity contribution is 5.81. The molecule has 2 N–H and O–H groups in total. The standard InChI is InChI=1S/C15H28N2O/c1-3-15(9-4-5-10-15)11-16-14(18)13-8-6-7-12(2)17-13/h12-13,17H,3-11H2,1-2H3,(H,16,18). The van der Waals surface area contributed by atoms with Crippen LogP contribution in [0.1, 0.15) is 65.2 Å². The maximum Gasteiger partial charge on any atom is 0.237 e. The fourth-order valence-corrected chi connectivity index (χ4v) is 3.52. The van der Waals surface area contributed by atoms with Crippen LogP contribution in [0.25, 0.3) is 0 Å². The summed E-state index contributed by atoms with van der Waals surface area (Å²) in [6.45, 7) is 5.32. The molecule has 2 atom stereocenters. The Balaban J connectivity index is 1.80. The van der Waals surface area contributed by atoms with Crippen molar-refractivity contribution >= 4 is 5.91 Å². The smallest absolute Gasteiger partial charge is 0.237 e. The Morgan fingerprint density at radius 2 is 2.00 bits per heavy atom. The molecule has 0 spiro atoms. The number of rotatable bonds is 4. The minimum Gasteiger partial charge on any atom is -0.354 e. The van der Waals surface area contributed by atoms with E-state index in [1.807, 2.05) is 0 Å². The maximum absolute atomic E-state index is 12.2. The third-order valence-electron chi connectivity index (χ3n) is 4.98. The molecule has 2 aliphatic rings. The van der Waals surface area contributed by atoms with E-state index in [1.54, 1.807) is 0 Å². The van der Waals surface area contributed by atoms with E-state index in [2.05, 4.69) is 24.5 Å². The van der Waals surface area contributed by atoms with Gasteiger partial charge in [-0.15, -0.1) is 0 Å². The monoisotopic (exact) mass is 252 g/mol. The zero-order chi connectivity index (χ0) is 13.0. The van der Waals surface area contributed by atoms with Gasteiger partial charge in [0.25, 0.3) is 0 Å². The Bertz CT molecular complexity index is 284. The predicted octanol–water partition coefficient (Wildman–Crippen LogP) is 2.60. The molecule has 104 valence electrons. The van der Waals surface area contributed by atoms with Crippen LogP contribution in [-0.4, -0.2) is 24.5 Å². The summed E-state index contributed by atoms with van der Waals surface area (Å²) in [4.78, 5) is 12.2. The second-order valence-electron chi connectivity index (χ2n) is 6.33. The van der Waals surface area contributed by atoms with Gasteiger partial charge < -0.3 is 10.6 Å². The van der Waals surface area contributed by atoms with E-state index < -0.39 is 0 Å². The van der Waals surface area contributed by atoms with Crippen LogP contribution in [0, 0.1) is 5.41 Å². The Labute approximate surface area is 111 Å². The van der Waals surface area contributed by atoms with E-state index in [4.69, 9.17) is 0 Å². The van der Waals surface area contributed by atoms with E-state index >= 15 is 0 Å². The van der Waals surface area contributed by atoms with Crippen molar-refractivity contribution in [1.82, 2.24) is 10.6 Å². The number of hydrogen-bond acceptors (Lipinski definition) is 2. The van der Waals surface area contributed by atoms with E-state index in [0.29, 0.717) is 11.5 Å². The lowest BCUT2D eigenvalue weighted by Gasteiger charge is -2.31. The largest absolute Gasteiger partial charge is 0.354 e. The van der Waals surface area contributed by atoms with Gasteiger partial charge in [0.2, 0.25) is 5.91 Å². The highest BCUT2D eigenvalue weighted by Crippen LogP contribution is 2.40. The van der Waals surface area contributed by atoms with Crippen molar-refractivity contribution in [3.8, 4) is 0 Å². The van der Waals surface area contributed by atoms with Crippen molar-refractivity contribution in [2.24, 2.45) is 5.41 Å². The lowest BCUT2D eigenvalue weighted by Crippen LogP contribution is -2.51. The predicted molar refractivity (Wildman–Crippen MR) is 74.4 cm³/mol. The van der Waals surface area contributed by atoms with Crippen LogP contribution in [-0.2, 0) is 4.79 Å². The van der Waals surface area contributed by atoms with Crippen molar-refractivity contribution < 1.29 is 4.79 Å². The van der Waals surface area contributed by atoms with Crippen LogP contribution in [0.3, 0.4) is 0 Å². The second kappa shape index (κ2) is 6.05. The summed E-state index contributed by atoms with van der Waals surface area (Å²) in [6, 6.07) is 0.533. The molecule has 0 aromatic heterocycles. The molecule has 3 nitrogen and oxygen atoms in total. The first-order valence-electron chi connectivity index (χ1n) is 7.69. The molecule has 1 amide bonds. The van der Waals surface area contributed by atoms with Gasteiger partial charge in [-0.2, -0.15) is 0 Å². The van der Waals surface area contributed by atoms with Gasteiger partial charge in [-0.1, -0.05) is 19.8 Å². The van der Waals surface area contributed by atoms with E-state index in [9.17, 15) is 4.79 Å². The van der Waals surface area contributed by atoms with Crippen molar-refractivity contribution in [3.63, 3.8) is 0 Å². The first-order valence-corrected chi connectivity index (χ1v) is 7.69. The van der Waals surface area contributed by atoms with Gasteiger partial charge in [0.1, 0.15) is 0 Å². The van der Waals surface area contributed by atoms with E-state index in [1.165, 1.54) is 44.9 Å². The Morgan fingerprint density at radius 1 is 1.28 bits per heavy atom. The van der Waals surface area contributed by atoms with E-state index in [-0.39, 0.29) is 11.9 Å². The average Bonchev–Trinajstić information content (AvgIpc) is 2.85. The Morgan fingerprint density at radius 3 is 2.61 bits per heavy atom. The van der Waals surface area contributed by atoms with Crippen LogP contribution < -0.4 is 10.6 Å². The highest BCUT2D eigenvalue weighted by Gasteiger charge is 2.33. The topological polar surface area (TPSA) is 41.1 Å². The van der Waals surface area contributed by atoms with Gasteiger partial charge >= 0.3 is 0 Å². The molecule has 0 bridgehead atoms. The zero-order valence-electron chi connectivity index (χ0n) is 11.9. The van der Waals surface area contributed by atoms with Gasteiger partial charge in [-0.05, 0) is 50.9 Å². The summed E-state index contributed by atoms with van der Waals surface area (Å²) in [6.07, 6.45) is 9.81. The normalized spacial score (nSPS) is 31.2. The van der Waals surface area contributed by atoms with Gasteiger partial charge in [-0.3, -0.25) is 4.79 Å². The van der Waals surface area contributed by atoms with Crippen LogP contribution in [0.15, 0.2) is 0 Å². The quantitative estimate of drug-likeness (QED) is 0.807. The number of carbonyl (C=O) groups excluding carboxylic acids is 1. The first-order chi connectivity index (χ1) is 8.65. The van der Waals surface area contributed by atoms with Crippen molar-refractivity contribution in [1.29, 1.82) is 0 Å². The summed E-state index contributed by atoms with van der Waals surface area (Å²) in [7, 11) is 0. The molecule has 1 saturated heterocycles. The summed E-state index contributed by atoms with van der Waals surface area (Å²) < 4.78 is 0. The third-order valence-corrected chi connectivity index (χ3v) is 4.98. The number of piperidine rings is 1. The second-order valence-corrected chi connectivity index (χ2v) is 6.33. The van der Waals surface area contributed by atoms with Gasteiger partial charge in [0.05, 0.1) is 6.04 Å². The lowest BCUT2D eigenvalue weighted by molar-refractivity contribution is -0.124. The molecular weight excluding hydrogens is 224 g/mol. The summed E-state index contributed by atoms with van der Waals surface area (Å²) in [5.74, 6) is 0.223. The number of carbonyl (C=O) groups is 1. The van der Waals surface area contributed by atoms with Gasteiger partial charge in [0, 0.05) is 12.6 Å². The number of nitrogens with one attached hydrogen (secondary N) is 2. The molecule has 1 heterocycles. The molecule has 0 aromatic rings. The van der Waals surface area contributed by atoms with Crippen LogP contribution in [0.5, 0.6) is 0 Å². The molecule has 2 fully saturated rings. The third kappa shape index (κ3) is 3.25. The summed E-state index contributed by atoms with van der Waals surface area (Å²) in [5, 5.41) is 6.62. The van der Waals surface area contributed by atoms with E-state index in [0.717, 1.165) is 13.0 Å². The summed E-state index contributed by atoms with van der Waals surface area (Å²) >= 11 is 0. The first kappa shape index (κ1) is 13.9. The molecule has 0 aromatic carbocycles. The fourth-order valence-electron chi connectivity index (χ4n) is 3.52. The molecule has 18 heavy (non-hydrogen) atoms. The van der Waals surface area contributed by atoms with Crippen LogP contribution in [0.2, 0.25) is 0 Å². The SMILES string of the molecule is CCC1(CNC(=O)C2CCCC(C)N2)CCCC1.